The lowest BCUT2D eigenvalue weighted by Gasteiger charge is -2.38. The second kappa shape index (κ2) is 9.70. The predicted molar refractivity (Wildman–Crippen MR) is 141 cm³/mol. The van der Waals surface area contributed by atoms with E-state index in [9.17, 15) is 19.5 Å². The van der Waals surface area contributed by atoms with Gasteiger partial charge in [-0.2, -0.15) is 0 Å². The molecule has 38 heavy (non-hydrogen) atoms. The molecule has 11 heteroatoms. The third-order valence-corrected chi connectivity index (χ3v) is 10.3. The van der Waals surface area contributed by atoms with Crippen molar-refractivity contribution in [3.05, 3.63) is 60.2 Å². The van der Waals surface area contributed by atoms with Gasteiger partial charge in [-0.15, -0.1) is 16.9 Å². The van der Waals surface area contributed by atoms with Crippen LogP contribution in [0, 0.1) is 17.8 Å². The molecule has 1 aromatic heterocycles. The molecule has 3 aliphatic rings. The van der Waals surface area contributed by atoms with Crippen LogP contribution in [0.5, 0.6) is 0 Å². The first-order chi connectivity index (χ1) is 18.5. The SMILES string of the molecule is CC1C[C@@H]2SC13C(C(=O)NCn1nnc4ccccc41)N(CCO)C(=O)[C@@H]3[C@@H]2C(=O)NCc1ccccc1. The molecule has 4 heterocycles. The van der Waals surface area contributed by atoms with Gasteiger partial charge in [0.25, 0.3) is 0 Å². The zero-order valence-electron chi connectivity index (χ0n) is 21.0. The number of aliphatic hydroxyl groups excluding tert-OH is 1. The largest absolute Gasteiger partial charge is 0.395 e. The molecule has 0 aliphatic carbocycles. The summed E-state index contributed by atoms with van der Waals surface area (Å²) in [5.41, 5.74) is 2.50. The van der Waals surface area contributed by atoms with Crippen molar-refractivity contribution in [3.8, 4) is 0 Å². The second-order valence-electron chi connectivity index (χ2n) is 10.3. The van der Waals surface area contributed by atoms with E-state index in [0.29, 0.717) is 6.54 Å². The maximum atomic E-state index is 13.8. The van der Waals surface area contributed by atoms with Gasteiger partial charge in [0.2, 0.25) is 17.7 Å². The smallest absolute Gasteiger partial charge is 0.245 e. The Bertz CT molecular complexity index is 1380. The highest BCUT2D eigenvalue weighted by Gasteiger charge is 2.75. The minimum Gasteiger partial charge on any atom is -0.395 e. The summed E-state index contributed by atoms with van der Waals surface area (Å²) in [6, 6.07) is 16.3. The Balaban J connectivity index is 1.26. The monoisotopic (exact) mass is 534 g/mol. The summed E-state index contributed by atoms with van der Waals surface area (Å²) in [6.45, 7) is 2.32. The molecule has 6 atom stereocenters. The highest BCUT2D eigenvalue weighted by molar-refractivity contribution is 8.02. The molecule has 6 rings (SSSR count). The first-order valence-electron chi connectivity index (χ1n) is 12.9. The van der Waals surface area contributed by atoms with E-state index in [0.717, 1.165) is 23.0 Å². The lowest BCUT2D eigenvalue weighted by Crippen LogP contribution is -2.57. The van der Waals surface area contributed by atoms with Crippen LogP contribution >= 0.6 is 11.8 Å². The molecule has 1 spiro atoms. The Morgan fingerprint density at radius 1 is 1.11 bits per heavy atom. The van der Waals surface area contributed by atoms with E-state index in [4.69, 9.17) is 0 Å². The van der Waals surface area contributed by atoms with Gasteiger partial charge in [0.1, 0.15) is 18.2 Å². The number of aliphatic hydroxyl groups is 1. The molecular weight excluding hydrogens is 504 g/mol. The van der Waals surface area contributed by atoms with Crippen molar-refractivity contribution in [2.75, 3.05) is 13.2 Å². The lowest BCUT2D eigenvalue weighted by atomic mass is 9.66. The van der Waals surface area contributed by atoms with Gasteiger partial charge in [0.15, 0.2) is 0 Å². The lowest BCUT2D eigenvalue weighted by molar-refractivity contribution is -0.140. The first-order valence-corrected chi connectivity index (χ1v) is 13.8. The van der Waals surface area contributed by atoms with Crippen LogP contribution in [0.3, 0.4) is 0 Å². The van der Waals surface area contributed by atoms with Crippen molar-refractivity contribution in [2.24, 2.45) is 17.8 Å². The molecule has 10 nitrogen and oxygen atoms in total. The van der Waals surface area contributed by atoms with Gasteiger partial charge in [-0.3, -0.25) is 14.4 Å². The molecule has 2 bridgehead atoms. The number of rotatable bonds is 8. The van der Waals surface area contributed by atoms with Crippen molar-refractivity contribution in [1.29, 1.82) is 0 Å². The number of aromatic nitrogens is 3. The first kappa shape index (κ1) is 24.9. The van der Waals surface area contributed by atoms with E-state index < -0.39 is 22.6 Å². The van der Waals surface area contributed by atoms with Gasteiger partial charge >= 0.3 is 0 Å². The third kappa shape index (κ3) is 3.79. The molecule has 0 saturated carbocycles. The van der Waals surface area contributed by atoms with Crippen LogP contribution in [0.2, 0.25) is 0 Å². The molecule has 3 fully saturated rings. The summed E-state index contributed by atoms with van der Waals surface area (Å²) in [7, 11) is 0. The average Bonchev–Trinajstić information content (AvgIpc) is 3.64. The summed E-state index contributed by atoms with van der Waals surface area (Å²) in [5, 5.41) is 24.0. The Morgan fingerprint density at radius 2 is 1.87 bits per heavy atom. The number of para-hydroxylation sites is 1. The molecule has 2 aromatic carbocycles. The standard InChI is InChI=1S/C27H30N6O4S/c1-16-13-20-21(24(35)28-14-17-7-3-2-4-8-17)22-26(37)32(11-12-34)23(27(16,22)38-20)25(36)29-15-33-19-10-6-5-9-18(19)30-31-33/h2-10,16,20-23,34H,11-15H2,1H3,(H,28,35)(H,29,36)/t16?,20-,21+,22-,23?,27?/m0/s1. The molecule has 0 radical (unpaired) electrons. The van der Waals surface area contributed by atoms with Crippen molar-refractivity contribution >= 4 is 40.5 Å². The van der Waals surface area contributed by atoms with Crippen LogP contribution in [-0.4, -0.2) is 71.9 Å². The van der Waals surface area contributed by atoms with Crippen molar-refractivity contribution < 1.29 is 19.5 Å². The average molecular weight is 535 g/mol. The Kier molecular flexibility index (Phi) is 6.35. The van der Waals surface area contributed by atoms with Crippen LogP contribution in [0.4, 0.5) is 0 Å². The number of nitrogens with one attached hydrogen (secondary N) is 2. The fourth-order valence-electron chi connectivity index (χ4n) is 6.65. The van der Waals surface area contributed by atoms with Gasteiger partial charge < -0.3 is 20.6 Å². The number of hydrogen-bond donors (Lipinski definition) is 3. The summed E-state index contributed by atoms with van der Waals surface area (Å²) in [5.74, 6) is -1.78. The number of likely N-dealkylation sites (tertiary alicyclic amines) is 1. The Morgan fingerprint density at radius 3 is 2.66 bits per heavy atom. The molecule has 3 aromatic rings. The molecule has 3 aliphatic heterocycles. The summed E-state index contributed by atoms with van der Waals surface area (Å²) < 4.78 is 0.873. The van der Waals surface area contributed by atoms with Gasteiger partial charge in [0.05, 0.1) is 28.7 Å². The third-order valence-electron chi connectivity index (χ3n) is 8.27. The van der Waals surface area contributed by atoms with Crippen molar-refractivity contribution in [1.82, 2.24) is 30.5 Å². The molecule has 198 valence electrons. The zero-order valence-corrected chi connectivity index (χ0v) is 21.8. The van der Waals surface area contributed by atoms with E-state index in [-0.39, 0.29) is 48.7 Å². The number of benzene rings is 2. The van der Waals surface area contributed by atoms with Crippen molar-refractivity contribution in [3.63, 3.8) is 0 Å². The topological polar surface area (TPSA) is 129 Å². The molecule has 3 N–H and O–H groups in total. The number of carbonyl (C=O) groups excluding carboxylic acids is 3. The van der Waals surface area contributed by atoms with Crippen LogP contribution in [0.1, 0.15) is 18.9 Å². The zero-order chi connectivity index (χ0) is 26.4. The molecule has 3 amide bonds. The van der Waals surface area contributed by atoms with Crippen LogP contribution in [0.15, 0.2) is 54.6 Å². The number of nitrogens with zero attached hydrogens (tertiary/aromatic N) is 4. The normalized spacial score (nSPS) is 29.6. The van der Waals surface area contributed by atoms with E-state index in [1.807, 2.05) is 54.6 Å². The van der Waals surface area contributed by atoms with Gasteiger partial charge in [-0.25, -0.2) is 4.68 Å². The number of amides is 3. The van der Waals surface area contributed by atoms with E-state index in [2.05, 4.69) is 27.9 Å². The molecule has 3 saturated heterocycles. The van der Waals surface area contributed by atoms with Gasteiger partial charge in [0, 0.05) is 18.3 Å². The Hall–Kier alpha value is -3.44. The minimum absolute atomic E-state index is 0.0394. The predicted octanol–water partition coefficient (Wildman–Crippen LogP) is 1.15. The number of carbonyl (C=O) groups is 3. The number of thioether (sulfide) groups is 1. The van der Waals surface area contributed by atoms with Crippen LogP contribution in [-0.2, 0) is 27.6 Å². The van der Waals surface area contributed by atoms with Crippen molar-refractivity contribution in [2.45, 2.75) is 42.6 Å². The summed E-state index contributed by atoms with van der Waals surface area (Å²) >= 11 is 1.61. The second-order valence-corrected chi connectivity index (χ2v) is 11.8. The van der Waals surface area contributed by atoms with Gasteiger partial charge in [-0.1, -0.05) is 54.6 Å². The van der Waals surface area contributed by atoms with E-state index in [1.54, 1.807) is 16.4 Å². The Labute approximate surface area is 224 Å². The maximum absolute atomic E-state index is 13.8. The van der Waals surface area contributed by atoms with E-state index >= 15 is 0 Å². The number of β-amino-alcohol motifs (C(OH)–C–C–N with tert-alkyl or cyclic N) is 1. The number of fused-ring (bicyclic) bond motifs is 2. The maximum Gasteiger partial charge on any atom is 0.245 e. The van der Waals surface area contributed by atoms with Crippen LogP contribution in [0.25, 0.3) is 11.0 Å². The fourth-order valence-corrected chi connectivity index (χ4v) is 9.08. The molecular formula is C27H30N6O4S. The summed E-state index contributed by atoms with van der Waals surface area (Å²) in [4.78, 5) is 42.6. The van der Waals surface area contributed by atoms with Crippen LogP contribution < -0.4 is 10.6 Å². The quantitative estimate of drug-likeness (QED) is 0.395. The fraction of sp³-hybridized carbons (Fsp3) is 0.444. The summed E-state index contributed by atoms with van der Waals surface area (Å²) in [6.07, 6.45) is 0.752. The minimum atomic E-state index is -0.793. The number of hydrogen-bond acceptors (Lipinski definition) is 7. The highest BCUT2D eigenvalue weighted by Crippen LogP contribution is 2.68. The molecule has 3 unspecified atom stereocenters. The van der Waals surface area contributed by atoms with E-state index in [1.165, 1.54) is 4.90 Å². The highest BCUT2D eigenvalue weighted by atomic mass is 32.2. The van der Waals surface area contributed by atoms with Gasteiger partial charge in [-0.05, 0) is 30.0 Å².